The predicted molar refractivity (Wildman–Crippen MR) is 124 cm³/mol. The number of halogens is 2. The van der Waals surface area contributed by atoms with E-state index in [2.05, 4.69) is 15.3 Å². The van der Waals surface area contributed by atoms with Gasteiger partial charge in [0.25, 0.3) is 11.9 Å². The number of benzene rings is 1. The Kier molecular flexibility index (Phi) is 7.98. The zero-order valence-corrected chi connectivity index (χ0v) is 20.8. The molecule has 2 heterocycles. The summed E-state index contributed by atoms with van der Waals surface area (Å²) in [4.78, 5) is 62.7. The van der Waals surface area contributed by atoms with Gasteiger partial charge in [0.1, 0.15) is 6.42 Å². The van der Waals surface area contributed by atoms with Crippen molar-refractivity contribution >= 4 is 59.7 Å². The highest BCUT2D eigenvalue weighted by Gasteiger charge is 2.65. The average molecular weight is 531 g/mol. The molecule has 0 aliphatic carbocycles. The van der Waals surface area contributed by atoms with Crippen LogP contribution in [0.3, 0.4) is 0 Å². The smallest absolute Gasteiger partial charge is 0.594 e. The third-order valence-electron chi connectivity index (χ3n) is 5.61. The normalized spacial score (nSPS) is 24.2. The standard InChI is InChI=1S/C21H25BCl2N2O9/c1-11(2)6-15(26-16(27)10-25-19(30)13-7-12(23)4-5-14(13)24)22-33-17(28)8-21(35-22,20(31)32-3)9-18(29)34-22/h4-5,7,11,15,33H,6,8-10H2,1-3H3,(H,25,30)(H,26,27)/t15-,21-,22?/m0/s1. The van der Waals surface area contributed by atoms with Gasteiger partial charge in [-0.25, -0.2) is 4.79 Å². The van der Waals surface area contributed by atoms with E-state index in [1.54, 1.807) is 0 Å². The Bertz CT molecular complexity index is 1050. The van der Waals surface area contributed by atoms with E-state index < -0.39 is 67.4 Å². The first kappa shape index (κ1) is 26.8. The van der Waals surface area contributed by atoms with Crippen LogP contribution in [-0.2, 0) is 33.2 Å². The van der Waals surface area contributed by atoms with Crippen molar-refractivity contribution in [3.8, 4) is 0 Å². The van der Waals surface area contributed by atoms with Gasteiger partial charge in [0.15, 0.2) is 5.60 Å². The molecule has 2 fully saturated rings. The number of ether oxygens (including phenoxy) is 1. The van der Waals surface area contributed by atoms with Crippen LogP contribution in [0, 0.1) is 5.92 Å². The topological polar surface area (TPSA) is 150 Å². The summed E-state index contributed by atoms with van der Waals surface area (Å²) >= 11 is 11.9. The summed E-state index contributed by atoms with van der Waals surface area (Å²) in [6.45, 7) is 0.0646. The summed E-state index contributed by atoms with van der Waals surface area (Å²) in [5, 5.41) is 5.49. The molecule has 0 spiro atoms. The van der Waals surface area contributed by atoms with E-state index in [9.17, 15) is 24.0 Å². The largest absolute Gasteiger partial charge is 0.717 e. The Labute approximate surface area is 211 Å². The first-order valence-electron chi connectivity index (χ1n) is 10.8. The molecule has 0 radical (unpaired) electrons. The summed E-state index contributed by atoms with van der Waals surface area (Å²) in [6.07, 6.45) is -0.832. The second-order valence-electron chi connectivity index (χ2n) is 8.81. The number of amides is 2. The van der Waals surface area contributed by atoms with Gasteiger partial charge in [-0.15, -0.1) is 0 Å². The van der Waals surface area contributed by atoms with Gasteiger partial charge in [0, 0.05) is 15.8 Å². The van der Waals surface area contributed by atoms with E-state index in [0.717, 1.165) is 7.11 Å². The number of fused-ring (bicyclic) bond motifs is 2. The first-order valence-corrected chi connectivity index (χ1v) is 11.6. The fraction of sp³-hybridized carbons (Fsp3) is 0.476. The average Bonchev–Trinajstić information content (AvgIpc) is 2.76. The molecule has 3 N–H and O–H groups in total. The molecule has 1 unspecified atom stereocenters. The lowest BCUT2D eigenvalue weighted by molar-refractivity contribution is -0.209. The van der Waals surface area contributed by atoms with Crippen LogP contribution in [0.4, 0.5) is 0 Å². The van der Waals surface area contributed by atoms with Gasteiger partial charge in [-0.05, 0) is 24.1 Å². The zero-order valence-electron chi connectivity index (χ0n) is 19.3. The van der Waals surface area contributed by atoms with Crippen LogP contribution in [0.15, 0.2) is 18.2 Å². The van der Waals surface area contributed by atoms with Crippen molar-refractivity contribution in [3.63, 3.8) is 0 Å². The van der Waals surface area contributed by atoms with Crippen LogP contribution in [0.5, 0.6) is 0 Å². The van der Waals surface area contributed by atoms with Gasteiger partial charge in [0.05, 0.1) is 30.7 Å². The molecule has 14 heteroatoms. The van der Waals surface area contributed by atoms with Crippen molar-refractivity contribution < 1.29 is 42.7 Å². The molecule has 190 valence electrons. The number of carboxylic acids is 1. The second-order valence-corrected chi connectivity index (χ2v) is 9.65. The quantitative estimate of drug-likeness (QED) is 0.288. The number of rotatable bonds is 8. The van der Waals surface area contributed by atoms with Gasteiger partial charge in [-0.1, -0.05) is 43.5 Å². The molecular formula is C21H25BCl2N2O9. The Morgan fingerprint density at radius 2 is 1.94 bits per heavy atom. The SMILES string of the molecule is COC(=O)[C@]12CC(=O)O[B-]([C@H](CC(C)C)NC(=O)CNC(=O)c3cc(Cl)ccc3Cl)(O1)[OH+]C(=O)C2. The third kappa shape index (κ3) is 5.88. The number of esters is 1. The van der Waals surface area contributed by atoms with Gasteiger partial charge < -0.3 is 29.3 Å². The summed E-state index contributed by atoms with van der Waals surface area (Å²) < 4.78 is 20.0. The molecule has 3 atom stereocenters. The van der Waals surface area contributed by atoms with E-state index in [-0.39, 0.29) is 27.9 Å². The molecule has 2 bridgehead atoms. The molecule has 2 aliphatic rings. The molecule has 2 amide bonds. The molecule has 11 nitrogen and oxygen atoms in total. The van der Waals surface area contributed by atoms with Crippen LogP contribution < -0.4 is 10.6 Å². The van der Waals surface area contributed by atoms with Crippen molar-refractivity contribution in [2.24, 2.45) is 5.92 Å². The number of nitrogens with one attached hydrogen (secondary N) is 2. The van der Waals surface area contributed by atoms with E-state index >= 15 is 0 Å². The lowest BCUT2D eigenvalue weighted by atomic mass is 9.61. The Balaban J connectivity index is 1.80. The highest BCUT2D eigenvalue weighted by molar-refractivity contribution is 6.66. The highest BCUT2D eigenvalue weighted by Crippen LogP contribution is 2.39. The van der Waals surface area contributed by atoms with E-state index in [4.69, 9.17) is 37.2 Å². The van der Waals surface area contributed by atoms with Crippen molar-refractivity contribution in [1.82, 2.24) is 10.6 Å². The minimum Gasteiger partial charge on any atom is -0.717 e. The lowest BCUT2D eigenvalue weighted by Crippen LogP contribution is -2.76. The summed E-state index contributed by atoms with van der Waals surface area (Å²) in [6, 6.07) is 4.32. The highest BCUT2D eigenvalue weighted by atomic mass is 35.5. The van der Waals surface area contributed by atoms with Crippen molar-refractivity contribution in [3.05, 3.63) is 33.8 Å². The summed E-state index contributed by atoms with van der Waals surface area (Å²) in [7, 11) is 1.10. The number of aliphatic carboxylic acids is 1. The fourth-order valence-corrected chi connectivity index (χ4v) is 4.54. The van der Waals surface area contributed by atoms with Crippen LogP contribution >= 0.6 is 23.2 Å². The molecule has 35 heavy (non-hydrogen) atoms. The molecule has 2 saturated heterocycles. The molecule has 1 aromatic carbocycles. The van der Waals surface area contributed by atoms with Crippen LogP contribution in [0.25, 0.3) is 0 Å². The Morgan fingerprint density at radius 3 is 2.60 bits per heavy atom. The summed E-state index contributed by atoms with van der Waals surface area (Å²) in [5.41, 5.74) is -1.81. The molecule has 0 aromatic heterocycles. The second kappa shape index (κ2) is 10.4. The zero-order chi connectivity index (χ0) is 26.0. The number of carbonyl (C=O) groups is 5. The van der Waals surface area contributed by atoms with Crippen molar-refractivity contribution in [2.75, 3.05) is 13.7 Å². The summed E-state index contributed by atoms with van der Waals surface area (Å²) in [5.74, 6) is -4.93. The maximum atomic E-state index is 12.8. The predicted octanol–water partition coefficient (Wildman–Crippen LogP) is 1.07. The van der Waals surface area contributed by atoms with Crippen LogP contribution in [0.2, 0.25) is 10.0 Å². The number of hydrogen-bond acceptors (Lipinski definition) is 8. The molecule has 2 aliphatic heterocycles. The lowest BCUT2D eigenvalue weighted by Gasteiger charge is -2.55. The number of methoxy groups -OCH3 is 1. The van der Waals surface area contributed by atoms with Crippen molar-refractivity contribution in [1.29, 1.82) is 0 Å². The van der Waals surface area contributed by atoms with E-state index in [1.807, 2.05) is 13.8 Å². The van der Waals surface area contributed by atoms with E-state index in [1.165, 1.54) is 18.2 Å². The monoisotopic (exact) mass is 530 g/mol. The molecule has 3 rings (SSSR count). The van der Waals surface area contributed by atoms with Crippen molar-refractivity contribution in [2.45, 2.75) is 44.7 Å². The maximum absolute atomic E-state index is 12.8. The Morgan fingerprint density at radius 1 is 1.23 bits per heavy atom. The van der Waals surface area contributed by atoms with Gasteiger partial charge in [-0.3, -0.25) is 14.4 Å². The molecule has 0 saturated carbocycles. The first-order chi connectivity index (χ1) is 16.4. The number of hydrogen-bond donors (Lipinski definition) is 2. The molecular weight excluding hydrogens is 506 g/mol. The van der Waals surface area contributed by atoms with Crippen LogP contribution in [0.1, 0.15) is 43.5 Å². The minimum absolute atomic E-state index is 0.0691. The third-order valence-corrected chi connectivity index (χ3v) is 6.17. The Hall–Kier alpha value is -2.83. The maximum Gasteiger partial charge on any atom is 0.594 e. The minimum atomic E-state index is -3.12. The molecule has 1 aromatic rings. The van der Waals surface area contributed by atoms with Gasteiger partial charge in [-0.2, -0.15) is 0 Å². The van der Waals surface area contributed by atoms with Gasteiger partial charge >= 0.3 is 18.7 Å². The van der Waals surface area contributed by atoms with Crippen LogP contribution in [-0.4, -0.2) is 66.3 Å². The number of carbonyl (C=O) groups excluding carboxylic acids is 4. The van der Waals surface area contributed by atoms with E-state index in [0.29, 0.717) is 0 Å². The van der Waals surface area contributed by atoms with Gasteiger partial charge in [0.2, 0.25) is 5.91 Å². The fourth-order valence-electron chi connectivity index (χ4n) is 4.16.